The quantitative estimate of drug-likeness (QED) is 0.611. The number of thioether (sulfide) groups is 1. The van der Waals surface area contributed by atoms with E-state index in [4.69, 9.17) is 0 Å². The van der Waals surface area contributed by atoms with Gasteiger partial charge < -0.3 is 4.90 Å². The van der Waals surface area contributed by atoms with Gasteiger partial charge in [-0.1, -0.05) is 60.3 Å². The predicted octanol–water partition coefficient (Wildman–Crippen LogP) is 3.95. The van der Waals surface area contributed by atoms with Crippen molar-refractivity contribution in [2.75, 3.05) is 7.05 Å². The second-order valence-electron chi connectivity index (χ2n) is 4.41. The number of likely N-dealkylation sites (N-methyl/N-ethyl adjacent to an activating group) is 1. The van der Waals surface area contributed by atoms with Gasteiger partial charge in [0.1, 0.15) is 0 Å². The van der Waals surface area contributed by atoms with Crippen LogP contribution in [0.15, 0.2) is 77.0 Å². The zero-order chi connectivity index (χ0) is 14.2. The second-order valence-corrected chi connectivity index (χ2v) is 5.39. The van der Waals surface area contributed by atoms with Crippen LogP contribution in [0.5, 0.6) is 0 Å². The summed E-state index contributed by atoms with van der Waals surface area (Å²) in [6, 6.07) is 20.0. The Morgan fingerprint density at radius 2 is 1.65 bits per heavy atom. The van der Waals surface area contributed by atoms with Gasteiger partial charge >= 0.3 is 0 Å². The van der Waals surface area contributed by atoms with Crippen LogP contribution in [0.2, 0.25) is 0 Å². The molecule has 2 rings (SSSR count). The summed E-state index contributed by atoms with van der Waals surface area (Å²) in [7, 11) is 1.81. The molecule has 2 aromatic carbocycles. The van der Waals surface area contributed by atoms with E-state index < -0.39 is 0 Å². The highest BCUT2D eigenvalue weighted by atomic mass is 32.2. The monoisotopic (exact) mass is 283 g/mol. The molecular weight excluding hydrogens is 266 g/mol. The zero-order valence-electron chi connectivity index (χ0n) is 11.4. The van der Waals surface area contributed by atoms with Crippen molar-refractivity contribution in [3.05, 3.63) is 77.7 Å². The molecule has 0 aromatic heterocycles. The minimum Gasteiger partial charge on any atom is -0.338 e. The van der Waals surface area contributed by atoms with Crippen LogP contribution in [0.4, 0.5) is 0 Å². The van der Waals surface area contributed by atoms with Crippen LogP contribution < -0.4 is 0 Å². The Kier molecular flexibility index (Phi) is 5.44. The van der Waals surface area contributed by atoms with Crippen molar-refractivity contribution in [3.63, 3.8) is 0 Å². The third-order valence-electron chi connectivity index (χ3n) is 2.80. The van der Waals surface area contributed by atoms with Crippen molar-refractivity contribution >= 4 is 17.7 Å². The summed E-state index contributed by atoms with van der Waals surface area (Å²) in [4.78, 5) is 14.8. The summed E-state index contributed by atoms with van der Waals surface area (Å²) in [5, 5.41) is 1.83. The van der Waals surface area contributed by atoms with E-state index in [1.54, 1.807) is 22.7 Å². The van der Waals surface area contributed by atoms with Gasteiger partial charge in [-0.25, -0.2) is 0 Å². The van der Waals surface area contributed by atoms with Crippen LogP contribution in [0.3, 0.4) is 0 Å². The van der Waals surface area contributed by atoms with Crippen molar-refractivity contribution in [1.29, 1.82) is 0 Å². The fourth-order valence-corrected chi connectivity index (χ4v) is 2.39. The largest absolute Gasteiger partial charge is 0.338 e. The standard InChI is InChI=1S/C17H17NOS/c1-18(14-15-8-4-2-5-9-15)17(19)12-13-20-16-10-6-3-7-11-16/h2-13H,14H2,1H3/b13-12+. The van der Waals surface area contributed by atoms with Crippen molar-refractivity contribution in [3.8, 4) is 0 Å². The smallest absolute Gasteiger partial charge is 0.247 e. The molecule has 0 N–H and O–H groups in total. The number of benzene rings is 2. The first kappa shape index (κ1) is 14.4. The van der Waals surface area contributed by atoms with Crippen molar-refractivity contribution in [2.24, 2.45) is 0 Å². The number of amides is 1. The van der Waals surface area contributed by atoms with Gasteiger partial charge in [-0.05, 0) is 23.1 Å². The van der Waals surface area contributed by atoms with Gasteiger partial charge in [0.15, 0.2) is 0 Å². The molecule has 0 radical (unpaired) electrons. The molecule has 3 heteroatoms. The first-order valence-electron chi connectivity index (χ1n) is 6.43. The maximum absolute atomic E-state index is 12.0. The SMILES string of the molecule is CN(Cc1ccccc1)C(=O)/C=C/Sc1ccccc1. The number of carbonyl (C=O) groups excluding carboxylic acids is 1. The molecule has 0 atom stereocenters. The fourth-order valence-electron chi connectivity index (χ4n) is 1.73. The van der Waals surface area contributed by atoms with E-state index in [0.717, 1.165) is 10.5 Å². The Bertz CT molecular complexity index is 566. The van der Waals surface area contributed by atoms with Gasteiger partial charge in [-0.15, -0.1) is 0 Å². The third kappa shape index (κ3) is 4.59. The summed E-state index contributed by atoms with van der Waals surface area (Å²) >= 11 is 1.54. The summed E-state index contributed by atoms with van der Waals surface area (Å²) in [6.45, 7) is 0.625. The normalized spacial score (nSPS) is 10.7. The van der Waals surface area contributed by atoms with E-state index in [1.165, 1.54) is 0 Å². The Morgan fingerprint density at radius 1 is 1.05 bits per heavy atom. The predicted molar refractivity (Wildman–Crippen MR) is 84.4 cm³/mol. The molecule has 1 amide bonds. The van der Waals surface area contributed by atoms with Crippen LogP contribution in [0, 0.1) is 0 Å². The van der Waals surface area contributed by atoms with Gasteiger partial charge in [0.05, 0.1) is 0 Å². The van der Waals surface area contributed by atoms with E-state index in [1.807, 2.05) is 73.1 Å². The average Bonchev–Trinajstić information content (AvgIpc) is 2.49. The van der Waals surface area contributed by atoms with Crippen LogP contribution in [0.25, 0.3) is 0 Å². The van der Waals surface area contributed by atoms with Crippen molar-refractivity contribution in [1.82, 2.24) is 4.90 Å². The Balaban J connectivity index is 1.85. The molecule has 2 aromatic rings. The summed E-state index contributed by atoms with van der Waals surface area (Å²) in [5.74, 6) is 0.0114. The van der Waals surface area contributed by atoms with Gasteiger partial charge in [0, 0.05) is 24.6 Å². The molecule has 20 heavy (non-hydrogen) atoms. The first-order valence-corrected chi connectivity index (χ1v) is 7.31. The third-order valence-corrected chi connectivity index (χ3v) is 3.61. The summed E-state index contributed by atoms with van der Waals surface area (Å²) in [5.41, 5.74) is 1.13. The lowest BCUT2D eigenvalue weighted by atomic mass is 10.2. The van der Waals surface area contributed by atoms with Crippen LogP contribution >= 0.6 is 11.8 Å². The van der Waals surface area contributed by atoms with E-state index in [2.05, 4.69) is 0 Å². The lowest BCUT2D eigenvalue weighted by Gasteiger charge is -2.14. The van der Waals surface area contributed by atoms with E-state index in [0.29, 0.717) is 6.54 Å². The molecule has 0 saturated carbocycles. The minimum atomic E-state index is 0.0114. The van der Waals surface area contributed by atoms with Crippen LogP contribution in [0.1, 0.15) is 5.56 Å². The van der Waals surface area contributed by atoms with Crippen LogP contribution in [-0.4, -0.2) is 17.9 Å². The lowest BCUT2D eigenvalue weighted by Crippen LogP contribution is -2.23. The number of nitrogens with zero attached hydrogens (tertiary/aromatic N) is 1. The van der Waals surface area contributed by atoms with E-state index in [9.17, 15) is 4.79 Å². The number of rotatable bonds is 5. The molecule has 0 saturated heterocycles. The maximum atomic E-state index is 12.0. The Labute approximate surface area is 124 Å². The number of hydrogen-bond acceptors (Lipinski definition) is 2. The van der Waals surface area contributed by atoms with Gasteiger partial charge in [-0.3, -0.25) is 4.79 Å². The topological polar surface area (TPSA) is 20.3 Å². The van der Waals surface area contributed by atoms with Crippen molar-refractivity contribution in [2.45, 2.75) is 11.4 Å². The molecule has 102 valence electrons. The highest BCUT2D eigenvalue weighted by Crippen LogP contribution is 2.18. The minimum absolute atomic E-state index is 0.0114. The highest BCUT2D eigenvalue weighted by Gasteiger charge is 2.04. The highest BCUT2D eigenvalue weighted by molar-refractivity contribution is 8.02. The summed E-state index contributed by atoms with van der Waals surface area (Å²) < 4.78 is 0. The van der Waals surface area contributed by atoms with Crippen molar-refractivity contribution < 1.29 is 4.79 Å². The Morgan fingerprint density at radius 3 is 2.30 bits per heavy atom. The van der Waals surface area contributed by atoms with Gasteiger partial charge in [-0.2, -0.15) is 0 Å². The maximum Gasteiger partial charge on any atom is 0.247 e. The number of hydrogen-bond donors (Lipinski definition) is 0. The molecule has 0 spiro atoms. The fraction of sp³-hybridized carbons (Fsp3) is 0.118. The second kappa shape index (κ2) is 7.56. The molecule has 0 aliphatic rings. The Hall–Kier alpha value is -2.00. The van der Waals surface area contributed by atoms with Crippen LogP contribution in [-0.2, 0) is 11.3 Å². The lowest BCUT2D eigenvalue weighted by molar-refractivity contribution is -0.125. The van der Waals surface area contributed by atoms with E-state index in [-0.39, 0.29) is 5.91 Å². The average molecular weight is 283 g/mol. The molecule has 0 aliphatic carbocycles. The molecule has 0 bridgehead atoms. The van der Waals surface area contributed by atoms with Gasteiger partial charge in [0.25, 0.3) is 0 Å². The summed E-state index contributed by atoms with van der Waals surface area (Å²) in [6.07, 6.45) is 1.61. The molecule has 0 aliphatic heterocycles. The zero-order valence-corrected chi connectivity index (χ0v) is 12.2. The first-order chi connectivity index (χ1) is 9.75. The molecule has 2 nitrogen and oxygen atoms in total. The molecular formula is C17H17NOS. The molecule has 0 fully saturated rings. The van der Waals surface area contributed by atoms with Gasteiger partial charge in [0.2, 0.25) is 5.91 Å². The molecule has 0 heterocycles. The molecule has 0 unspecified atom stereocenters. The number of carbonyl (C=O) groups is 1. The van der Waals surface area contributed by atoms with E-state index >= 15 is 0 Å².